The molecule has 2 heterocycles. The van der Waals surface area contributed by atoms with Crippen LogP contribution in [0, 0.1) is 0 Å². The molecule has 0 saturated carbocycles. The zero-order valence-electron chi connectivity index (χ0n) is 14.5. The van der Waals surface area contributed by atoms with Gasteiger partial charge >= 0.3 is 0 Å². The van der Waals surface area contributed by atoms with Gasteiger partial charge in [-0.15, -0.1) is 11.3 Å². The fourth-order valence-electron chi connectivity index (χ4n) is 2.26. The van der Waals surface area contributed by atoms with Crippen molar-refractivity contribution in [3.63, 3.8) is 0 Å². The van der Waals surface area contributed by atoms with Gasteiger partial charge in [0.15, 0.2) is 5.78 Å². The number of carbonyl (C=O) groups is 2. The lowest BCUT2D eigenvalue weighted by molar-refractivity contribution is -0.116. The minimum atomic E-state index is -3.84. The molecule has 0 radical (unpaired) electrons. The van der Waals surface area contributed by atoms with Gasteiger partial charge in [-0.3, -0.25) is 9.59 Å². The number of amides is 1. The van der Waals surface area contributed by atoms with E-state index < -0.39 is 10.0 Å². The number of nitrogens with zero attached hydrogens (tertiary/aromatic N) is 2. The van der Waals surface area contributed by atoms with Gasteiger partial charge in [0.1, 0.15) is 0 Å². The third kappa shape index (κ3) is 5.21. The van der Waals surface area contributed by atoms with Crippen LogP contribution in [0.1, 0.15) is 22.5 Å². The first-order chi connectivity index (χ1) is 13.4. The first-order valence-electron chi connectivity index (χ1n) is 8.20. The Hall–Kier alpha value is -3.11. The zero-order chi connectivity index (χ0) is 20.0. The van der Waals surface area contributed by atoms with E-state index in [9.17, 15) is 18.0 Å². The molecule has 0 bridgehead atoms. The number of thiophene rings is 1. The molecule has 10 heteroatoms. The van der Waals surface area contributed by atoms with Crippen molar-refractivity contribution in [1.29, 1.82) is 0 Å². The summed E-state index contributed by atoms with van der Waals surface area (Å²) in [6.07, 6.45) is 3.00. The predicted molar refractivity (Wildman–Crippen MR) is 106 cm³/mol. The van der Waals surface area contributed by atoms with E-state index in [2.05, 4.69) is 20.0 Å². The topological polar surface area (TPSA) is 118 Å². The highest BCUT2D eigenvalue weighted by Gasteiger charge is 2.16. The fourth-order valence-corrected chi connectivity index (χ4v) is 3.91. The lowest BCUT2D eigenvalue weighted by atomic mass is 10.2. The Balaban J connectivity index is 1.56. The molecular weight excluding hydrogens is 400 g/mol. The summed E-state index contributed by atoms with van der Waals surface area (Å²) in [7, 11) is -3.84. The maximum absolute atomic E-state index is 12.3. The highest BCUT2D eigenvalue weighted by Crippen LogP contribution is 2.17. The smallest absolute Gasteiger partial charge is 0.264 e. The molecule has 0 unspecified atom stereocenters. The quantitative estimate of drug-likeness (QED) is 0.545. The number of anilines is 2. The van der Waals surface area contributed by atoms with Crippen molar-refractivity contribution >= 4 is 44.7 Å². The Morgan fingerprint density at radius 1 is 0.964 bits per heavy atom. The molecule has 0 saturated heterocycles. The average molecular weight is 416 g/mol. The van der Waals surface area contributed by atoms with Crippen LogP contribution in [0.4, 0.5) is 11.6 Å². The number of benzene rings is 1. The van der Waals surface area contributed by atoms with Crippen LogP contribution in [0.2, 0.25) is 0 Å². The highest BCUT2D eigenvalue weighted by atomic mass is 32.2. The molecule has 3 rings (SSSR count). The molecule has 0 aliphatic heterocycles. The van der Waals surface area contributed by atoms with E-state index in [0.29, 0.717) is 10.6 Å². The molecule has 0 aliphatic rings. The summed E-state index contributed by atoms with van der Waals surface area (Å²) in [6.45, 7) is 0. The molecule has 28 heavy (non-hydrogen) atoms. The maximum atomic E-state index is 12.3. The number of carbonyl (C=O) groups excluding carboxylic acids is 2. The van der Waals surface area contributed by atoms with Crippen LogP contribution in [-0.2, 0) is 14.8 Å². The van der Waals surface area contributed by atoms with Crippen molar-refractivity contribution in [2.75, 3.05) is 10.0 Å². The van der Waals surface area contributed by atoms with Gasteiger partial charge in [-0.2, -0.15) is 0 Å². The SMILES string of the molecule is O=C(CCC(=O)c1cccs1)Nc1ccc(S(=O)(=O)Nc2ncccn2)cc1. The molecule has 2 aromatic heterocycles. The molecule has 144 valence electrons. The van der Waals surface area contributed by atoms with Crippen LogP contribution in [0.3, 0.4) is 0 Å². The number of aromatic nitrogens is 2. The molecule has 0 aliphatic carbocycles. The van der Waals surface area contributed by atoms with E-state index in [0.717, 1.165) is 0 Å². The van der Waals surface area contributed by atoms with Crippen LogP contribution in [-0.4, -0.2) is 30.1 Å². The lowest BCUT2D eigenvalue weighted by Gasteiger charge is -2.08. The first kappa shape index (κ1) is 19.6. The summed E-state index contributed by atoms with van der Waals surface area (Å²) in [5, 5.41) is 4.45. The normalized spacial score (nSPS) is 11.0. The molecule has 8 nitrogen and oxygen atoms in total. The van der Waals surface area contributed by atoms with Crippen molar-refractivity contribution < 1.29 is 18.0 Å². The Morgan fingerprint density at radius 3 is 2.32 bits per heavy atom. The van der Waals surface area contributed by atoms with Crippen molar-refractivity contribution in [2.24, 2.45) is 0 Å². The molecule has 0 spiro atoms. The van der Waals surface area contributed by atoms with Crippen molar-refractivity contribution in [1.82, 2.24) is 9.97 Å². The molecule has 0 fully saturated rings. The van der Waals surface area contributed by atoms with Gasteiger partial charge in [0, 0.05) is 30.9 Å². The number of hydrogen-bond donors (Lipinski definition) is 2. The fraction of sp³-hybridized carbons (Fsp3) is 0.111. The Kier molecular flexibility index (Phi) is 6.12. The number of rotatable bonds is 8. The molecule has 0 atom stereocenters. The van der Waals surface area contributed by atoms with Gasteiger partial charge in [0.05, 0.1) is 9.77 Å². The van der Waals surface area contributed by atoms with Gasteiger partial charge in [0.2, 0.25) is 11.9 Å². The minimum absolute atomic E-state index is 0.00539. The van der Waals surface area contributed by atoms with E-state index in [4.69, 9.17) is 0 Å². The van der Waals surface area contributed by atoms with E-state index in [1.807, 2.05) is 5.38 Å². The van der Waals surface area contributed by atoms with Gasteiger partial charge in [0.25, 0.3) is 10.0 Å². The van der Waals surface area contributed by atoms with Gasteiger partial charge in [-0.1, -0.05) is 6.07 Å². The summed E-state index contributed by atoms with van der Waals surface area (Å²) in [5.41, 5.74) is 0.434. The average Bonchev–Trinajstić information content (AvgIpc) is 3.22. The van der Waals surface area contributed by atoms with E-state index in [1.54, 1.807) is 18.2 Å². The largest absolute Gasteiger partial charge is 0.326 e. The van der Waals surface area contributed by atoms with Crippen LogP contribution < -0.4 is 10.0 Å². The second-order valence-corrected chi connectivity index (χ2v) is 8.28. The standard InChI is InChI=1S/C18H16N4O4S2/c23-15(16-3-1-12-27-16)8-9-17(24)21-13-4-6-14(7-5-13)28(25,26)22-18-19-10-2-11-20-18/h1-7,10-12H,8-9H2,(H,21,24)(H,19,20,22). The number of sulfonamides is 1. The van der Waals surface area contributed by atoms with Crippen molar-refractivity contribution in [2.45, 2.75) is 17.7 Å². The number of ketones is 1. The number of nitrogens with one attached hydrogen (secondary N) is 2. The van der Waals surface area contributed by atoms with Gasteiger partial charge in [-0.25, -0.2) is 23.1 Å². The Bertz CT molecular complexity index is 1050. The maximum Gasteiger partial charge on any atom is 0.264 e. The third-order valence-electron chi connectivity index (χ3n) is 3.61. The predicted octanol–water partition coefficient (Wildman–Crippen LogP) is 2.94. The van der Waals surface area contributed by atoms with Gasteiger partial charge in [-0.05, 0) is 41.8 Å². The van der Waals surface area contributed by atoms with E-state index >= 15 is 0 Å². The monoisotopic (exact) mass is 416 g/mol. The van der Waals surface area contributed by atoms with E-state index in [1.165, 1.54) is 48.0 Å². The molecular formula is C18H16N4O4S2. The lowest BCUT2D eigenvalue weighted by Crippen LogP contribution is -2.15. The summed E-state index contributed by atoms with van der Waals surface area (Å²) < 4.78 is 26.9. The molecule has 2 N–H and O–H groups in total. The first-order valence-corrected chi connectivity index (χ1v) is 10.6. The molecule has 1 amide bonds. The summed E-state index contributed by atoms with van der Waals surface area (Å²) in [5.74, 6) is -0.438. The summed E-state index contributed by atoms with van der Waals surface area (Å²) in [4.78, 5) is 32.2. The third-order valence-corrected chi connectivity index (χ3v) is 5.87. The number of hydrogen-bond acceptors (Lipinski definition) is 7. The van der Waals surface area contributed by atoms with Crippen LogP contribution in [0.15, 0.2) is 65.1 Å². The van der Waals surface area contributed by atoms with Gasteiger partial charge < -0.3 is 5.32 Å². The second kappa shape index (κ2) is 8.72. The molecule has 1 aromatic carbocycles. The van der Waals surface area contributed by atoms with Crippen molar-refractivity contribution in [3.8, 4) is 0 Å². The Morgan fingerprint density at radius 2 is 1.68 bits per heavy atom. The highest BCUT2D eigenvalue weighted by molar-refractivity contribution is 7.92. The zero-order valence-corrected chi connectivity index (χ0v) is 16.2. The van der Waals surface area contributed by atoms with Crippen molar-refractivity contribution in [3.05, 3.63) is 65.1 Å². The van der Waals surface area contributed by atoms with Crippen LogP contribution in [0.25, 0.3) is 0 Å². The summed E-state index contributed by atoms with van der Waals surface area (Å²) >= 11 is 1.34. The van der Waals surface area contributed by atoms with Crippen LogP contribution >= 0.6 is 11.3 Å². The number of Topliss-reactive ketones (excluding diaryl/α,β-unsaturated/α-hetero) is 1. The van der Waals surface area contributed by atoms with Crippen LogP contribution in [0.5, 0.6) is 0 Å². The summed E-state index contributed by atoms with van der Waals surface area (Å²) in [6, 6.07) is 10.7. The van der Waals surface area contributed by atoms with E-state index in [-0.39, 0.29) is 35.4 Å². The Labute approximate surface area is 165 Å². The minimum Gasteiger partial charge on any atom is -0.326 e. The second-order valence-electron chi connectivity index (χ2n) is 5.65. The molecule has 3 aromatic rings.